The Labute approximate surface area is 192 Å². The highest BCUT2D eigenvalue weighted by Crippen LogP contribution is 2.34. The minimum atomic E-state index is -0.684. The lowest BCUT2D eigenvalue weighted by molar-refractivity contribution is -0.385. The van der Waals surface area contributed by atoms with Crippen LogP contribution >= 0.6 is 22.9 Å². The fourth-order valence-corrected chi connectivity index (χ4v) is 4.49. The van der Waals surface area contributed by atoms with Crippen molar-refractivity contribution in [3.63, 3.8) is 0 Å². The Morgan fingerprint density at radius 3 is 2.72 bits per heavy atom. The van der Waals surface area contributed by atoms with Crippen molar-refractivity contribution in [1.29, 1.82) is 0 Å². The first-order chi connectivity index (χ1) is 15.4. The van der Waals surface area contributed by atoms with Crippen LogP contribution in [-0.4, -0.2) is 33.5 Å². The van der Waals surface area contributed by atoms with Gasteiger partial charge < -0.3 is 4.90 Å². The van der Waals surface area contributed by atoms with Gasteiger partial charge in [-0.2, -0.15) is 0 Å². The topological polar surface area (TPSA) is 118 Å². The van der Waals surface area contributed by atoms with Gasteiger partial charge in [-0.05, 0) is 36.2 Å². The molecule has 0 spiro atoms. The van der Waals surface area contributed by atoms with Crippen molar-refractivity contribution < 1.29 is 14.5 Å². The zero-order valence-corrected chi connectivity index (χ0v) is 18.5. The molecular weight excluding hydrogens is 454 g/mol. The molecule has 2 heterocycles. The quantitative estimate of drug-likeness (QED) is 0.419. The van der Waals surface area contributed by atoms with E-state index in [-0.39, 0.29) is 27.5 Å². The van der Waals surface area contributed by atoms with Crippen LogP contribution in [0.2, 0.25) is 5.02 Å². The van der Waals surface area contributed by atoms with Crippen LogP contribution in [-0.2, 0) is 11.2 Å². The van der Waals surface area contributed by atoms with Crippen molar-refractivity contribution in [2.45, 2.75) is 25.7 Å². The summed E-state index contributed by atoms with van der Waals surface area (Å²) in [6.45, 7) is 2.54. The number of anilines is 2. The minimum Gasteiger partial charge on any atom is -0.312 e. The summed E-state index contributed by atoms with van der Waals surface area (Å²) in [6, 6.07) is 11.7. The number of hydrogen-bond acceptors (Lipinski definition) is 7. The molecule has 11 heteroatoms. The molecule has 1 saturated heterocycles. The van der Waals surface area contributed by atoms with Crippen molar-refractivity contribution >= 4 is 51.3 Å². The average molecular weight is 472 g/mol. The van der Waals surface area contributed by atoms with Crippen LogP contribution in [0.4, 0.5) is 16.5 Å². The molecule has 4 rings (SSSR count). The highest BCUT2D eigenvalue weighted by Gasteiger charge is 2.34. The number of aryl methyl sites for hydroxylation is 1. The Bertz CT molecular complexity index is 1200. The predicted octanol–water partition coefficient (Wildman–Crippen LogP) is 4.43. The van der Waals surface area contributed by atoms with E-state index < -0.39 is 16.5 Å². The van der Waals surface area contributed by atoms with Gasteiger partial charge in [0.2, 0.25) is 11.0 Å². The zero-order chi connectivity index (χ0) is 22.8. The second-order valence-electron chi connectivity index (χ2n) is 7.24. The molecule has 1 aromatic heterocycles. The average Bonchev–Trinajstić information content (AvgIpc) is 3.40. The molecule has 1 aliphatic heterocycles. The van der Waals surface area contributed by atoms with Crippen LogP contribution in [0.3, 0.4) is 0 Å². The lowest BCUT2D eigenvalue weighted by atomic mass is 10.1. The molecule has 2 amide bonds. The lowest BCUT2D eigenvalue weighted by Crippen LogP contribution is -2.24. The van der Waals surface area contributed by atoms with Crippen LogP contribution in [0.5, 0.6) is 0 Å². The number of hydrogen-bond donors (Lipinski definition) is 1. The minimum absolute atomic E-state index is 0.00294. The number of amides is 2. The van der Waals surface area contributed by atoms with Gasteiger partial charge in [-0.3, -0.25) is 25.0 Å². The third-order valence-electron chi connectivity index (χ3n) is 5.19. The predicted molar refractivity (Wildman–Crippen MR) is 121 cm³/mol. The molecule has 1 fully saturated rings. The summed E-state index contributed by atoms with van der Waals surface area (Å²) in [5, 5.41) is 22.9. The molecule has 0 aliphatic carbocycles. The summed E-state index contributed by atoms with van der Waals surface area (Å²) in [5.74, 6) is -0.839. The molecule has 0 bridgehead atoms. The van der Waals surface area contributed by atoms with E-state index in [9.17, 15) is 19.7 Å². The van der Waals surface area contributed by atoms with Crippen LogP contribution in [0.1, 0.15) is 40.2 Å². The summed E-state index contributed by atoms with van der Waals surface area (Å²) in [5.41, 5.74) is 1.50. The molecular formula is C21H18ClN5O4S. The van der Waals surface area contributed by atoms with Gasteiger partial charge in [-0.1, -0.05) is 42.0 Å². The summed E-state index contributed by atoms with van der Waals surface area (Å²) in [6.07, 6.45) is 1.22. The number of nitro groups is 1. The van der Waals surface area contributed by atoms with Crippen molar-refractivity contribution in [3.05, 3.63) is 73.7 Å². The summed E-state index contributed by atoms with van der Waals surface area (Å²) in [4.78, 5) is 37.4. The number of nitro benzene ring substituents is 1. The third-order valence-corrected chi connectivity index (χ3v) is 6.43. The lowest BCUT2D eigenvalue weighted by Gasteiger charge is -2.16. The van der Waals surface area contributed by atoms with Gasteiger partial charge in [0, 0.05) is 35.7 Å². The molecule has 1 unspecified atom stereocenters. The van der Waals surface area contributed by atoms with E-state index >= 15 is 0 Å². The number of carbonyl (C=O) groups excluding carboxylic acids is 2. The number of benzene rings is 2. The molecule has 2 aromatic carbocycles. The maximum Gasteiger partial charge on any atom is 0.283 e. The van der Waals surface area contributed by atoms with Gasteiger partial charge in [0.25, 0.3) is 11.6 Å². The molecule has 32 heavy (non-hydrogen) atoms. The maximum atomic E-state index is 12.5. The second kappa shape index (κ2) is 9.01. The number of aromatic nitrogens is 2. The molecule has 9 nitrogen and oxygen atoms in total. The third kappa shape index (κ3) is 4.46. The fraction of sp³-hybridized carbons (Fsp3) is 0.238. The largest absolute Gasteiger partial charge is 0.312 e. The first-order valence-electron chi connectivity index (χ1n) is 9.83. The van der Waals surface area contributed by atoms with Gasteiger partial charge in [0.1, 0.15) is 10.6 Å². The highest BCUT2D eigenvalue weighted by molar-refractivity contribution is 7.15. The highest BCUT2D eigenvalue weighted by atomic mass is 35.5. The Morgan fingerprint density at radius 1 is 1.28 bits per heavy atom. The molecule has 1 aliphatic rings. The van der Waals surface area contributed by atoms with E-state index in [0.717, 1.165) is 29.5 Å². The summed E-state index contributed by atoms with van der Waals surface area (Å²) >= 11 is 6.94. The molecule has 3 aromatic rings. The van der Waals surface area contributed by atoms with Gasteiger partial charge >= 0.3 is 0 Å². The second-order valence-corrected chi connectivity index (χ2v) is 8.69. The van der Waals surface area contributed by atoms with Gasteiger partial charge in [-0.15, -0.1) is 10.2 Å². The monoisotopic (exact) mass is 471 g/mol. The van der Waals surface area contributed by atoms with Gasteiger partial charge in [-0.25, -0.2) is 0 Å². The maximum absolute atomic E-state index is 12.5. The molecule has 0 radical (unpaired) electrons. The molecule has 1 atom stereocenters. The standard InChI is InChI=1S/C21H18ClN5O4S/c1-2-12-3-6-15(7-4-12)26-11-13(9-18(26)28)20-24-25-21(32-20)23-19(29)16-8-5-14(22)10-17(16)27(30)31/h3-8,10,13H,2,9,11H2,1H3,(H,23,25,29). The number of halogens is 1. The van der Waals surface area contributed by atoms with E-state index in [1.54, 1.807) is 4.90 Å². The Kier molecular flexibility index (Phi) is 6.15. The Balaban J connectivity index is 1.47. The van der Waals surface area contributed by atoms with E-state index in [0.29, 0.717) is 18.0 Å². The van der Waals surface area contributed by atoms with Crippen LogP contribution in [0, 0.1) is 10.1 Å². The first kappa shape index (κ1) is 21.8. The Morgan fingerprint density at radius 2 is 2.03 bits per heavy atom. The van der Waals surface area contributed by atoms with E-state index in [4.69, 9.17) is 11.6 Å². The van der Waals surface area contributed by atoms with Gasteiger partial charge in [0.15, 0.2) is 0 Å². The zero-order valence-electron chi connectivity index (χ0n) is 16.9. The molecule has 0 saturated carbocycles. The van der Waals surface area contributed by atoms with Crippen molar-refractivity contribution in [3.8, 4) is 0 Å². The summed E-state index contributed by atoms with van der Waals surface area (Å²) < 4.78 is 0. The normalized spacial score (nSPS) is 15.8. The van der Waals surface area contributed by atoms with Crippen LogP contribution in [0.15, 0.2) is 42.5 Å². The van der Waals surface area contributed by atoms with Crippen molar-refractivity contribution in [2.75, 3.05) is 16.8 Å². The first-order valence-corrected chi connectivity index (χ1v) is 11.0. The summed E-state index contributed by atoms with van der Waals surface area (Å²) in [7, 11) is 0. The number of rotatable bonds is 6. The SMILES string of the molecule is CCc1ccc(N2CC(c3nnc(NC(=O)c4ccc(Cl)cc4[N+](=O)[O-])s3)CC2=O)cc1. The Hall–Kier alpha value is -3.37. The van der Waals surface area contributed by atoms with Crippen LogP contribution in [0.25, 0.3) is 0 Å². The van der Waals surface area contributed by atoms with Gasteiger partial charge in [0.05, 0.1) is 4.92 Å². The van der Waals surface area contributed by atoms with Crippen molar-refractivity contribution in [1.82, 2.24) is 10.2 Å². The van der Waals surface area contributed by atoms with Crippen LogP contribution < -0.4 is 10.2 Å². The number of carbonyl (C=O) groups is 2. The van der Waals surface area contributed by atoms with Crippen molar-refractivity contribution in [2.24, 2.45) is 0 Å². The van der Waals surface area contributed by atoms with E-state index in [2.05, 4.69) is 22.4 Å². The fourth-order valence-electron chi connectivity index (χ4n) is 3.50. The molecule has 1 N–H and O–H groups in total. The van der Waals surface area contributed by atoms with E-state index in [1.807, 2.05) is 24.3 Å². The molecule has 164 valence electrons. The number of nitrogens with zero attached hydrogens (tertiary/aromatic N) is 4. The smallest absolute Gasteiger partial charge is 0.283 e. The van der Waals surface area contributed by atoms with E-state index in [1.165, 1.54) is 17.7 Å². The number of nitrogens with one attached hydrogen (secondary N) is 1.